The van der Waals surface area contributed by atoms with Crippen LogP contribution in [0.25, 0.3) is 11.0 Å². The Balaban J connectivity index is 1.69. The number of hydrogen-bond donors (Lipinski definition) is 2. The average Bonchev–Trinajstić information content (AvgIpc) is 3.07. The molecule has 6 nitrogen and oxygen atoms in total. The molecule has 2 N–H and O–H groups in total. The van der Waals surface area contributed by atoms with Gasteiger partial charge in [0.15, 0.2) is 0 Å². The largest absolute Gasteiger partial charge is 0.394 e. The summed E-state index contributed by atoms with van der Waals surface area (Å²) >= 11 is 0. The minimum absolute atomic E-state index is 0.0664. The van der Waals surface area contributed by atoms with Gasteiger partial charge < -0.3 is 19.7 Å². The standard InChI is InChI=1S/C15H20N4O2/c1-9-6-11(7-20)21-15(9)19-5-4-12-13(18-10-2-3-10)16-8-17-14(12)19/h4-5,8-11,15,20H,2-3,6-7H2,1H3,(H,16,17,18)/t9-,11-,15+/m0/s1. The van der Waals surface area contributed by atoms with E-state index in [1.165, 1.54) is 12.8 Å². The Labute approximate surface area is 123 Å². The van der Waals surface area contributed by atoms with Gasteiger partial charge in [-0.25, -0.2) is 9.97 Å². The summed E-state index contributed by atoms with van der Waals surface area (Å²) in [5.41, 5.74) is 0.892. The first kappa shape index (κ1) is 13.0. The number of nitrogens with zero attached hydrogens (tertiary/aromatic N) is 3. The van der Waals surface area contributed by atoms with Crippen molar-refractivity contribution in [2.45, 2.75) is 44.6 Å². The average molecular weight is 288 g/mol. The number of aliphatic hydroxyl groups is 1. The van der Waals surface area contributed by atoms with E-state index in [2.05, 4.69) is 26.8 Å². The van der Waals surface area contributed by atoms with Gasteiger partial charge in [-0.15, -0.1) is 0 Å². The fourth-order valence-electron chi connectivity index (χ4n) is 3.09. The molecule has 4 rings (SSSR count). The van der Waals surface area contributed by atoms with Crippen LogP contribution in [-0.4, -0.2) is 38.4 Å². The predicted octanol–water partition coefficient (Wildman–Crippen LogP) is 1.92. The lowest BCUT2D eigenvalue weighted by Gasteiger charge is -2.18. The van der Waals surface area contributed by atoms with Gasteiger partial charge in [0.05, 0.1) is 18.1 Å². The van der Waals surface area contributed by atoms with E-state index in [1.807, 2.05) is 12.3 Å². The number of anilines is 1. The summed E-state index contributed by atoms with van der Waals surface area (Å²) < 4.78 is 8.01. The third-order valence-electron chi connectivity index (χ3n) is 4.36. The molecule has 0 amide bonds. The lowest BCUT2D eigenvalue weighted by atomic mass is 10.1. The van der Waals surface area contributed by atoms with Crippen molar-refractivity contribution in [3.05, 3.63) is 18.6 Å². The van der Waals surface area contributed by atoms with Crippen molar-refractivity contribution in [1.82, 2.24) is 14.5 Å². The van der Waals surface area contributed by atoms with Crippen molar-refractivity contribution < 1.29 is 9.84 Å². The van der Waals surface area contributed by atoms with Crippen LogP contribution in [0.4, 0.5) is 5.82 Å². The maximum absolute atomic E-state index is 9.29. The summed E-state index contributed by atoms with van der Waals surface area (Å²) in [5, 5.41) is 13.8. The zero-order chi connectivity index (χ0) is 14.4. The molecule has 0 unspecified atom stereocenters. The fraction of sp³-hybridized carbons (Fsp3) is 0.600. The summed E-state index contributed by atoms with van der Waals surface area (Å²) in [5.74, 6) is 1.26. The summed E-state index contributed by atoms with van der Waals surface area (Å²) in [6, 6.07) is 2.61. The van der Waals surface area contributed by atoms with Crippen molar-refractivity contribution in [2.75, 3.05) is 11.9 Å². The van der Waals surface area contributed by atoms with Crippen molar-refractivity contribution >= 4 is 16.9 Å². The van der Waals surface area contributed by atoms with E-state index in [4.69, 9.17) is 4.74 Å². The Morgan fingerprint density at radius 1 is 1.43 bits per heavy atom. The normalized spacial score (nSPS) is 29.1. The van der Waals surface area contributed by atoms with Crippen molar-refractivity contribution in [2.24, 2.45) is 5.92 Å². The molecule has 21 heavy (non-hydrogen) atoms. The molecule has 3 heterocycles. The van der Waals surface area contributed by atoms with Gasteiger partial charge in [-0.3, -0.25) is 0 Å². The van der Waals surface area contributed by atoms with Crippen molar-refractivity contribution in [3.63, 3.8) is 0 Å². The fourth-order valence-corrected chi connectivity index (χ4v) is 3.09. The quantitative estimate of drug-likeness (QED) is 0.899. The summed E-state index contributed by atoms with van der Waals surface area (Å²) in [7, 11) is 0. The highest BCUT2D eigenvalue weighted by Gasteiger charge is 2.34. The number of nitrogens with one attached hydrogen (secondary N) is 1. The molecule has 0 bridgehead atoms. The first-order valence-corrected chi connectivity index (χ1v) is 7.60. The van der Waals surface area contributed by atoms with Crippen LogP contribution < -0.4 is 5.32 Å². The smallest absolute Gasteiger partial charge is 0.147 e. The third kappa shape index (κ3) is 2.28. The van der Waals surface area contributed by atoms with Crippen LogP contribution in [0.1, 0.15) is 32.4 Å². The minimum atomic E-state index is -0.0756. The molecule has 1 aliphatic heterocycles. The SMILES string of the molecule is C[C@H]1C[C@@H](CO)O[C@H]1n1ccc2c(NC3CC3)ncnc21. The first-order chi connectivity index (χ1) is 10.3. The number of hydrogen-bond acceptors (Lipinski definition) is 5. The Morgan fingerprint density at radius 2 is 2.29 bits per heavy atom. The number of aliphatic hydroxyl groups excluding tert-OH is 1. The maximum Gasteiger partial charge on any atom is 0.147 e. The highest BCUT2D eigenvalue weighted by Crippen LogP contribution is 2.37. The maximum atomic E-state index is 9.29. The molecule has 0 spiro atoms. The monoisotopic (exact) mass is 288 g/mol. The molecular weight excluding hydrogens is 268 g/mol. The van der Waals surface area contributed by atoms with Gasteiger partial charge >= 0.3 is 0 Å². The van der Waals surface area contributed by atoms with Crippen LogP contribution in [-0.2, 0) is 4.74 Å². The summed E-state index contributed by atoms with van der Waals surface area (Å²) in [6.45, 7) is 2.22. The highest BCUT2D eigenvalue weighted by molar-refractivity contribution is 5.87. The van der Waals surface area contributed by atoms with Gasteiger partial charge in [0.2, 0.25) is 0 Å². The Hall–Kier alpha value is -1.66. The molecule has 1 aliphatic carbocycles. The minimum Gasteiger partial charge on any atom is -0.394 e. The van der Waals surface area contributed by atoms with E-state index in [-0.39, 0.29) is 18.9 Å². The lowest BCUT2D eigenvalue weighted by Crippen LogP contribution is -2.15. The zero-order valence-electron chi connectivity index (χ0n) is 12.1. The molecule has 112 valence electrons. The Bertz CT molecular complexity index is 652. The summed E-state index contributed by atoms with van der Waals surface area (Å²) in [6.07, 6.45) is 6.78. The Kier molecular flexibility index (Phi) is 3.08. The molecule has 6 heteroatoms. The van der Waals surface area contributed by atoms with Crippen LogP contribution in [0.15, 0.2) is 18.6 Å². The van der Waals surface area contributed by atoms with Gasteiger partial charge in [-0.1, -0.05) is 6.92 Å². The topological polar surface area (TPSA) is 72.2 Å². The first-order valence-electron chi connectivity index (χ1n) is 7.60. The van der Waals surface area contributed by atoms with E-state index >= 15 is 0 Å². The number of ether oxygens (including phenoxy) is 1. The summed E-state index contributed by atoms with van der Waals surface area (Å²) in [4.78, 5) is 8.79. The molecule has 2 aromatic heterocycles. The van der Waals surface area contributed by atoms with Crippen LogP contribution in [0, 0.1) is 5.92 Å². The molecule has 2 aliphatic rings. The van der Waals surface area contributed by atoms with Gasteiger partial charge in [-0.2, -0.15) is 0 Å². The van der Waals surface area contributed by atoms with Gasteiger partial charge in [0.1, 0.15) is 24.0 Å². The third-order valence-corrected chi connectivity index (χ3v) is 4.36. The van der Waals surface area contributed by atoms with E-state index in [0.717, 1.165) is 23.3 Å². The van der Waals surface area contributed by atoms with Crippen LogP contribution in [0.3, 0.4) is 0 Å². The second-order valence-electron chi connectivity index (χ2n) is 6.15. The molecule has 1 saturated heterocycles. The second-order valence-corrected chi connectivity index (χ2v) is 6.15. The van der Waals surface area contributed by atoms with Crippen LogP contribution in [0.2, 0.25) is 0 Å². The number of aromatic nitrogens is 3. The van der Waals surface area contributed by atoms with E-state index in [9.17, 15) is 5.11 Å². The van der Waals surface area contributed by atoms with E-state index in [0.29, 0.717) is 12.0 Å². The van der Waals surface area contributed by atoms with Gasteiger partial charge in [0.25, 0.3) is 0 Å². The molecule has 0 radical (unpaired) electrons. The van der Waals surface area contributed by atoms with Crippen LogP contribution in [0.5, 0.6) is 0 Å². The van der Waals surface area contributed by atoms with Gasteiger partial charge in [-0.05, 0) is 25.3 Å². The molecule has 1 saturated carbocycles. The van der Waals surface area contributed by atoms with Crippen molar-refractivity contribution in [1.29, 1.82) is 0 Å². The number of rotatable bonds is 4. The molecule has 2 fully saturated rings. The van der Waals surface area contributed by atoms with Gasteiger partial charge in [0, 0.05) is 18.2 Å². The molecule has 0 aromatic carbocycles. The predicted molar refractivity (Wildman–Crippen MR) is 78.9 cm³/mol. The Morgan fingerprint density at radius 3 is 3.00 bits per heavy atom. The van der Waals surface area contributed by atoms with Crippen molar-refractivity contribution in [3.8, 4) is 0 Å². The molecule has 2 aromatic rings. The number of fused-ring (bicyclic) bond motifs is 1. The zero-order valence-corrected chi connectivity index (χ0v) is 12.1. The van der Waals surface area contributed by atoms with E-state index in [1.54, 1.807) is 6.33 Å². The second kappa shape index (κ2) is 4.96. The highest BCUT2D eigenvalue weighted by atomic mass is 16.5. The van der Waals surface area contributed by atoms with E-state index < -0.39 is 0 Å². The molecular formula is C15H20N4O2. The lowest BCUT2D eigenvalue weighted by molar-refractivity contribution is -0.0291. The van der Waals surface area contributed by atoms with Crippen LogP contribution >= 0.6 is 0 Å². The molecule has 3 atom stereocenters.